The van der Waals surface area contributed by atoms with Crippen LogP contribution in [0.25, 0.3) is 0 Å². The Morgan fingerprint density at radius 2 is 2.12 bits per heavy atom. The van der Waals surface area contributed by atoms with Crippen LogP contribution >= 0.6 is 34.8 Å². The lowest BCUT2D eigenvalue weighted by Gasteiger charge is -2.03. The minimum absolute atomic E-state index is 0.0185. The first kappa shape index (κ1) is 13.0. The van der Waals surface area contributed by atoms with Gasteiger partial charge >= 0.3 is 0 Å². The summed E-state index contributed by atoms with van der Waals surface area (Å²) in [5, 5.41) is 10.6. The molecular formula is C8H6Cl3N3O2. The minimum atomic E-state index is -0.630. The Morgan fingerprint density at radius 3 is 2.62 bits per heavy atom. The van der Waals surface area contributed by atoms with Crippen LogP contribution in [-0.2, 0) is 0 Å². The van der Waals surface area contributed by atoms with Gasteiger partial charge in [0.2, 0.25) is 0 Å². The van der Waals surface area contributed by atoms with Gasteiger partial charge in [-0.1, -0.05) is 23.2 Å². The van der Waals surface area contributed by atoms with Gasteiger partial charge in [-0.15, -0.1) is 11.6 Å². The SMILES string of the molecule is NC(CCl)=Nc1c(Cl)ccc([N+](=O)[O-])c1Cl. The number of nitro groups is 1. The molecule has 0 saturated carbocycles. The Kier molecular flexibility index (Phi) is 4.35. The number of amidine groups is 1. The summed E-state index contributed by atoms with van der Waals surface area (Å²) in [5.74, 6) is 0.0565. The molecule has 0 aromatic heterocycles. The van der Waals surface area contributed by atoms with Gasteiger partial charge < -0.3 is 5.73 Å². The number of benzene rings is 1. The fourth-order valence-corrected chi connectivity index (χ4v) is 1.53. The molecule has 8 heteroatoms. The van der Waals surface area contributed by atoms with Crippen molar-refractivity contribution in [3.63, 3.8) is 0 Å². The average Bonchev–Trinajstić information content (AvgIpc) is 2.23. The maximum absolute atomic E-state index is 10.6. The highest BCUT2D eigenvalue weighted by Gasteiger charge is 2.18. The normalized spacial score (nSPS) is 11.6. The van der Waals surface area contributed by atoms with Crippen LogP contribution in [0.15, 0.2) is 17.1 Å². The van der Waals surface area contributed by atoms with Crippen molar-refractivity contribution in [1.29, 1.82) is 0 Å². The molecule has 0 aliphatic heterocycles. The molecule has 0 fully saturated rings. The van der Waals surface area contributed by atoms with Crippen molar-refractivity contribution >= 4 is 52.0 Å². The first-order valence-electron chi connectivity index (χ1n) is 3.98. The van der Waals surface area contributed by atoms with Crippen molar-refractivity contribution in [2.75, 3.05) is 5.88 Å². The van der Waals surface area contributed by atoms with E-state index in [4.69, 9.17) is 40.5 Å². The van der Waals surface area contributed by atoms with Gasteiger partial charge in [-0.3, -0.25) is 10.1 Å². The van der Waals surface area contributed by atoms with E-state index < -0.39 is 4.92 Å². The molecular weight excluding hydrogens is 276 g/mol. The molecule has 0 aliphatic rings. The van der Waals surface area contributed by atoms with E-state index in [0.29, 0.717) is 0 Å². The van der Waals surface area contributed by atoms with E-state index in [1.807, 2.05) is 0 Å². The zero-order valence-electron chi connectivity index (χ0n) is 7.78. The van der Waals surface area contributed by atoms with Crippen molar-refractivity contribution in [1.82, 2.24) is 0 Å². The number of aliphatic imine (C=N–C) groups is 1. The van der Waals surface area contributed by atoms with E-state index in [-0.39, 0.29) is 33.1 Å². The molecule has 0 radical (unpaired) electrons. The molecule has 1 aromatic rings. The molecule has 0 aliphatic carbocycles. The monoisotopic (exact) mass is 281 g/mol. The van der Waals surface area contributed by atoms with Gasteiger partial charge in [0.25, 0.3) is 5.69 Å². The summed E-state index contributed by atoms with van der Waals surface area (Å²) in [4.78, 5) is 13.8. The number of nitro benzene ring substituents is 1. The number of hydrogen-bond donors (Lipinski definition) is 1. The summed E-state index contributed by atoms with van der Waals surface area (Å²) in [7, 11) is 0. The van der Waals surface area contributed by atoms with E-state index in [1.165, 1.54) is 12.1 Å². The van der Waals surface area contributed by atoms with Crippen molar-refractivity contribution in [2.24, 2.45) is 10.7 Å². The van der Waals surface area contributed by atoms with Crippen molar-refractivity contribution < 1.29 is 4.92 Å². The Bertz CT molecular complexity index is 462. The number of halogens is 3. The van der Waals surface area contributed by atoms with Crippen LogP contribution in [-0.4, -0.2) is 16.6 Å². The third-order valence-corrected chi connectivity index (χ3v) is 2.59. The minimum Gasteiger partial charge on any atom is -0.386 e. The lowest BCUT2D eigenvalue weighted by molar-refractivity contribution is -0.384. The molecule has 86 valence electrons. The van der Waals surface area contributed by atoms with Gasteiger partial charge in [0.05, 0.1) is 15.8 Å². The molecule has 0 atom stereocenters. The maximum atomic E-state index is 10.6. The van der Waals surface area contributed by atoms with Crippen LogP contribution in [0.1, 0.15) is 0 Å². The second-order valence-electron chi connectivity index (χ2n) is 2.72. The third kappa shape index (κ3) is 2.75. The largest absolute Gasteiger partial charge is 0.386 e. The van der Waals surface area contributed by atoms with E-state index in [0.717, 1.165) is 0 Å². The van der Waals surface area contributed by atoms with Crippen molar-refractivity contribution in [3.8, 4) is 0 Å². The quantitative estimate of drug-likeness (QED) is 0.304. The van der Waals surface area contributed by atoms with Crippen molar-refractivity contribution in [2.45, 2.75) is 0 Å². The molecule has 1 rings (SSSR count). The molecule has 5 nitrogen and oxygen atoms in total. The highest BCUT2D eigenvalue weighted by Crippen LogP contribution is 2.39. The zero-order chi connectivity index (χ0) is 12.3. The van der Waals surface area contributed by atoms with Crippen LogP contribution in [0.2, 0.25) is 10.0 Å². The Morgan fingerprint density at radius 1 is 1.50 bits per heavy atom. The highest BCUT2D eigenvalue weighted by molar-refractivity contribution is 6.40. The van der Waals surface area contributed by atoms with Crippen LogP contribution in [0.5, 0.6) is 0 Å². The Balaban J connectivity index is 3.38. The summed E-state index contributed by atoms with van der Waals surface area (Å²) >= 11 is 17.0. The Labute approximate surface area is 106 Å². The van der Waals surface area contributed by atoms with E-state index in [9.17, 15) is 10.1 Å². The first-order chi connectivity index (χ1) is 7.47. The van der Waals surface area contributed by atoms with E-state index in [1.54, 1.807) is 0 Å². The molecule has 0 spiro atoms. The number of nitrogens with zero attached hydrogens (tertiary/aromatic N) is 2. The van der Waals surface area contributed by atoms with Crippen LogP contribution in [0.3, 0.4) is 0 Å². The van der Waals surface area contributed by atoms with Gasteiger partial charge in [-0.2, -0.15) is 0 Å². The predicted octanol–water partition coefficient (Wildman–Crippen LogP) is 3.13. The van der Waals surface area contributed by atoms with Crippen LogP contribution in [0.4, 0.5) is 11.4 Å². The molecule has 0 heterocycles. The third-order valence-electron chi connectivity index (χ3n) is 1.64. The second-order valence-corrected chi connectivity index (χ2v) is 3.78. The molecule has 2 N–H and O–H groups in total. The summed E-state index contributed by atoms with van der Waals surface area (Å²) in [6, 6.07) is 2.52. The predicted molar refractivity (Wildman–Crippen MR) is 65.1 cm³/mol. The standard InChI is InChI=1S/C8H6Cl3N3O2/c9-3-6(12)13-8-4(10)1-2-5(7(8)11)14(15)16/h1-2H,3H2,(H2,12,13). The number of alkyl halides is 1. The Hall–Kier alpha value is -1.04. The average molecular weight is 283 g/mol. The fourth-order valence-electron chi connectivity index (χ4n) is 0.947. The zero-order valence-corrected chi connectivity index (χ0v) is 10.1. The van der Waals surface area contributed by atoms with Crippen LogP contribution in [0, 0.1) is 10.1 Å². The molecule has 1 aromatic carbocycles. The fraction of sp³-hybridized carbons (Fsp3) is 0.125. The molecule has 0 saturated heterocycles. The molecule has 16 heavy (non-hydrogen) atoms. The summed E-state index contributed by atoms with van der Waals surface area (Å²) in [6.07, 6.45) is 0. The molecule has 0 unspecified atom stereocenters. The van der Waals surface area contributed by atoms with E-state index in [2.05, 4.69) is 4.99 Å². The lowest BCUT2D eigenvalue weighted by atomic mass is 10.3. The molecule has 0 amide bonds. The number of nitrogens with two attached hydrogens (primary N) is 1. The lowest BCUT2D eigenvalue weighted by Crippen LogP contribution is -2.12. The molecule has 0 bridgehead atoms. The number of rotatable bonds is 3. The van der Waals surface area contributed by atoms with Gasteiger partial charge in [0.1, 0.15) is 16.5 Å². The first-order valence-corrected chi connectivity index (χ1v) is 5.27. The van der Waals surface area contributed by atoms with Gasteiger partial charge in [0.15, 0.2) is 0 Å². The summed E-state index contributed by atoms with van der Waals surface area (Å²) in [6.45, 7) is 0. The summed E-state index contributed by atoms with van der Waals surface area (Å²) in [5.41, 5.74) is 5.17. The van der Waals surface area contributed by atoms with Gasteiger partial charge in [-0.05, 0) is 6.07 Å². The maximum Gasteiger partial charge on any atom is 0.290 e. The van der Waals surface area contributed by atoms with Gasteiger partial charge in [-0.25, -0.2) is 4.99 Å². The topological polar surface area (TPSA) is 81.5 Å². The van der Waals surface area contributed by atoms with E-state index >= 15 is 0 Å². The van der Waals surface area contributed by atoms with Crippen molar-refractivity contribution in [3.05, 3.63) is 32.3 Å². The number of hydrogen-bond acceptors (Lipinski definition) is 3. The van der Waals surface area contributed by atoms with Crippen LogP contribution < -0.4 is 5.73 Å². The summed E-state index contributed by atoms with van der Waals surface area (Å²) < 4.78 is 0. The smallest absolute Gasteiger partial charge is 0.290 e. The van der Waals surface area contributed by atoms with Gasteiger partial charge in [0, 0.05) is 6.07 Å². The highest BCUT2D eigenvalue weighted by atomic mass is 35.5. The second kappa shape index (κ2) is 5.34.